The van der Waals surface area contributed by atoms with Gasteiger partial charge in [0, 0.05) is 0 Å². The van der Waals surface area contributed by atoms with Crippen LogP contribution in [0.3, 0.4) is 0 Å². The van der Waals surface area contributed by atoms with E-state index in [1.54, 1.807) is 0 Å². The van der Waals surface area contributed by atoms with E-state index in [-0.39, 0.29) is 0 Å². The number of nitrogens with two attached hydrogens (primary N) is 2. The van der Waals surface area contributed by atoms with E-state index < -0.39 is 6.17 Å². The SMILES string of the molecule is Cc1nc2c(nc1C)C(N)N=C2N. The van der Waals surface area contributed by atoms with Gasteiger partial charge in [-0.2, -0.15) is 0 Å². The Labute approximate surface area is 75.9 Å². The van der Waals surface area contributed by atoms with Gasteiger partial charge in [0.05, 0.1) is 11.4 Å². The quantitative estimate of drug-likeness (QED) is 0.572. The predicted molar refractivity (Wildman–Crippen MR) is 49.2 cm³/mol. The Balaban J connectivity index is 2.65. The van der Waals surface area contributed by atoms with Crippen LogP contribution in [0.2, 0.25) is 0 Å². The number of nitrogens with zero attached hydrogens (tertiary/aromatic N) is 3. The second kappa shape index (κ2) is 2.50. The first-order valence-electron chi connectivity index (χ1n) is 4.04. The second-order valence-corrected chi connectivity index (χ2v) is 3.09. The monoisotopic (exact) mass is 177 g/mol. The standard InChI is InChI=1S/C8H11N5/c1-3-4(2)12-6-5(11-3)7(9)13-8(6)10/h7H,9H2,1-2H3,(H2,10,13). The topological polar surface area (TPSA) is 90.2 Å². The van der Waals surface area contributed by atoms with E-state index in [0.717, 1.165) is 11.4 Å². The molecule has 0 spiro atoms. The third-order valence-electron chi connectivity index (χ3n) is 2.13. The van der Waals surface area contributed by atoms with Gasteiger partial charge >= 0.3 is 0 Å². The first-order chi connectivity index (χ1) is 6.09. The van der Waals surface area contributed by atoms with Gasteiger partial charge in [-0.05, 0) is 13.8 Å². The maximum absolute atomic E-state index is 5.69. The van der Waals surface area contributed by atoms with Gasteiger partial charge in [0.2, 0.25) is 0 Å². The van der Waals surface area contributed by atoms with Gasteiger partial charge in [0.15, 0.2) is 0 Å². The molecule has 1 unspecified atom stereocenters. The lowest BCUT2D eigenvalue weighted by molar-refractivity contribution is 0.750. The minimum Gasteiger partial charge on any atom is -0.382 e. The van der Waals surface area contributed by atoms with Gasteiger partial charge in [0.25, 0.3) is 0 Å². The van der Waals surface area contributed by atoms with Crippen LogP contribution in [0.5, 0.6) is 0 Å². The number of amidine groups is 1. The smallest absolute Gasteiger partial charge is 0.148 e. The number of fused-ring (bicyclic) bond motifs is 1. The van der Waals surface area contributed by atoms with E-state index in [9.17, 15) is 0 Å². The number of aryl methyl sites for hydroxylation is 2. The van der Waals surface area contributed by atoms with Crippen molar-refractivity contribution >= 4 is 5.84 Å². The molecule has 2 rings (SSSR count). The van der Waals surface area contributed by atoms with Crippen LogP contribution < -0.4 is 11.5 Å². The number of hydrogen-bond acceptors (Lipinski definition) is 5. The molecule has 1 aliphatic rings. The van der Waals surface area contributed by atoms with Crippen molar-refractivity contribution in [3.05, 3.63) is 22.8 Å². The zero-order valence-corrected chi connectivity index (χ0v) is 7.57. The fourth-order valence-corrected chi connectivity index (χ4v) is 1.29. The van der Waals surface area contributed by atoms with E-state index in [1.807, 2.05) is 13.8 Å². The van der Waals surface area contributed by atoms with Crippen molar-refractivity contribution in [1.82, 2.24) is 9.97 Å². The molecular weight excluding hydrogens is 166 g/mol. The van der Waals surface area contributed by atoms with E-state index in [2.05, 4.69) is 15.0 Å². The summed E-state index contributed by atoms with van der Waals surface area (Å²) in [5.41, 5.74) is 14.4. The number of rotatable bonds is 0. The molecule has 0 amide bonds. The molecule has 13 heavy (non-hydrogen) atoms. The fraction of sp³-hybridized carbons (Fsp3) is 0.375. The van der Waals surface area contributed by atoms with Crippen LogP contribution in [0.1, 0.15) is 28.9 Å². The molecule has 0 bridgehead atoms. The van der Waals surface area contributed by atoms with Gasteiger partial charge in [-0.1, -0.05) is 0 Å². The van der Waals surface area contributed by atoms with E-state index in [4.69, 9.17) is 11.5 Å². The third kappa shape index (κ3) is 1.08. The lowest BCUT2D eigenvalue weighted by Crippen LogP contribution is -2.15. The van der Waals surface area contributed by atoms with Crippen molar-refractivity contribution in [3.8, 4) is 0 Å². The summed E-state index contributed by atoms with van der Waals surface area (Å²) in [6.45, 7) is 3.78. The Kier molecular flexibility index (Phi) is 1.56. The Bertz CT molecular complexity index is 396. The van der Waals surface area contributed by atoms with Crippen LogP contribution in [0, 0.1) is 13.8 Å². The molecule has 0 aromatic carbocycles. The van der Waals surface area contributed by atoms with Gasteiger partial charge in [0.1, 0.15) is 23.4 Å². The second-order valence-electron chi connectivity index (χ2n) is 3.09. The largest absolute Gasteiger partial charge is 0.382 e. The Morgan fingerprint density at radius 1 is 1.15 bits per heavy atom. The number of hydrogen-bond donors (Lipinski definition) is 2. The van der Waals surface area contributed by atoms with Crippen LogP contribution in [0.25, 0.3) is 0 Å². The molecule has 5 nitrogen and oxygen atoms in total. The van der Waals surface area contributed by atoms with Crippen molar-refractivity contribution in [2.24, 2.45) is 16.5 Å². The van der Waals surface area contributed by atoms with Gasteiger partial charge in [-0.3, -0.25) is 4.98 Å². The summed E-state index contributed by atoms with van der Waals surface area (Å²) in [4.78, 5) is 12.6. The molecule has 2 heterocycles. The Morgan fingerprint density at radius 3 is 2.46 bits per heavy atom. The highest BCUT2D eigenvalue weighted by Crippen LogP contribution is 2.21. The molecule has 1 aromatic rings. The number of aromatic nitrogens is 2. The summed E-state index contributed by atoms with van der Waals surface area (Å²) in [7, 11) is 0. The minimum atomic E-state index is -0.443. The minimum absolute atomic E-state index is 0.387. The van der Waals surface area contributed by atoms with Crippen molar-refractivity contribution < 1.29 is 0 Å². The average Bonchev–Trinajstić information content (AvgIpc) is 2.31. The molecule has 0 saturated heterocycles. The van der Waals surface area contributed by atoms with Crippen molar-refractivity contribution in [1.29, 1.82) is 0 Å². The molecular formula is C8H11N5. The fourth-order valence-electron chi connectivity index (χ4n) is 1.29. The first kappa shape index (κ1) is 8.12. The molecule has 0 aliphatic carbocycles. The third-order valence-corrected chi connectivity index (χ3v) is 2.13. The van der Waals surface area contributed by atoms with E-state index >= 15 is 0 Å². The summed E-state index contributed by atoms with van der Waals surface area (Å²) in [6.07, 6.45) is -0.443. The Morgan fingerprint density at radius 2 is 1.77 bits per heavy atom. The van der Waals surface area contributed by atoms with Crippen LogP contribution in [0.15, 0.2) is 4.99 Å². The molecule has 5 heteroatoms. The highest BCUT2D eigenvalue weighted by Gasteiger charge is 2.24. The van der Waals surface area contributed by atoms with Crippen molar-refractivity contribution in [3.63, 3.8) is 0 Å². The van der Waals surface area contributed by atoms with Crippen LogP contribution in [-0.4, -0.2) is 15.8 Å². The average molecular weight is 177 g/mol. The van der Waals surface area contributed by atoms with Crippen LogP contribution in [-0.2, 0) is 0 Å². The molecule has 0 fully saturated rings. The van der Waals surface area contributed by atoms with Crippen molar-refractivity contribution in [2.75, 3.05) is 0 Å². The van der Waals surface area contributed by atoms with Crippen LogP contribution >= 0.6 is 0 Å². The summed E-state index contributed by atoms with van der Waals surface area (Å²) < 4.78 is 0. The molecule has 1 aliphatic heterocycles. The summed E-state index contributed by atoms with van der Waals surface area (Å²) in [5.74, 6) is 0.387. The Hall–Kier alpha value is -1.49. The number of aliphatic imine (C=N–C) groups is 1. The highest BCUT2D eigenvalue weighted by molar-refractivity contribution is 5.99. The zero-order chi connectivity index (χ0) is 9.59. The van der Waals surface area contributed by atoms with Gasteiger partial charge < -0.3 is 11.5 Å². The van der Waals surface area contributed by atoms with E-state index in [0.29, 0.717) is 17.2 Å². The van der Waals surface area contributed by atoms with Crippen molar-refractivity contribution in [2.45, 2.75) is 20.0 Å². The summed E-state index contributed by atoms with van der Waals surface area (Å²) in [5, 5.41) is 0. The lowest BCUT2D eigenvalue weighted by atomic mass is 10.2. The normalized spacial score (nSPS) is 19.9. The van der Waals surface area contributed by atoms with Gasteiger partial charge in [-0.15, -0.1) is 0 Å². The highest BCUT2D eigenvalue weighted by atomic mass is 15.1. The maximum atomic E-state index is 5.69. The molecule has 4 N–H and O–H groups in total. The summed E-state index contributed by atoms with van der Waals surface area (Å²) >= 11 is 0. The lowest BCUT2D eigenvalue weighted by Gasteiger charge is -2.04. The molecule has 68 valence electrons. The zero-order valence-electron chi connectivity index (χ0n) is 7.57. The molecule has 1 atom stereocenters. The summed E-state index contributed by atoms with van der Waals surface area (Å²) in [6, 6.07) is 0. The molecule has 0 radical (unpaired) electrons. The first-order valence-corrected chi connectivity index (χ1v) is 4.04. The molecule has 0 saturated carbocycles. The van der Waals surface area contributed by atoms with Gasteiger partial charge in [-0.25, -0.2) is 9.98 Å². The predicted octanol–water partition coefficient (Wildman–Crippen LogP) is -0.230. The maximum Gasteiger partial charge on any atom is 0.148 e. The van der Waals surface area contributed by atoms with E-state index in [1.165, 1.54) is 0 Å². The molecule has 1 aromatic heterocycles. The van der Waals surface area contributed by atoms with Crippen LogP contribution in [0.4, 0.5) is 0 Å².